The minimum Gasteiger partial charge on any atom is -0.356 e. The highest BCUT2D eigenvalue weighted by Crippen LogP contribution is 2.25. The second-order valence-electron chi connectivity index (χ2n) is 8.26. The Bertz CT molecular complexity index is 1440. The number of rotatable bonds is 7. The Hall–Kier alpha value is -4.43. The van der Waals surface area contributed by atoms with Crippen molar-refractivity contribution in [3.05, 3.63) is 131 Å². The maximum Gasteiger partial charge on any atom is 0.258 e. The van der Waals surface area contributed by atoms with Gasteiger partial charge in [-0.2, -0.15) is 0 Å². The van der Waals surface area contributed by atoms with Crippen LogP contribution < -0.4 is 16.0 Å². The molecule has 1 amide bonds. The summed E-state index contributed by atoms with van der Waals surface area (Å²) in [4.78, 5) is 26.1. The van der Waals surface area contributed by atoms with Crippen LogP contribution in [0.2, 0.25) is 0 Å². The van der Waals surface area contributed by atoms with Gasteiger partial charge in [0.05, 0.1) is 17.3 Å². The van der Waals surface area contributed by atoms with Crippen LogP contribution in [0.25, 0.3) is 0 Å². The van der Waals surface area contributed by atoms with E-state index >= 15 is 0 Å². The summed E-state index contributed by atoms with van der Waals surface area (Å²) in [7, 11) is 0. The van der Waals surface area contributed by atoms with Crippen molar-refractivity contribution in [1.82, 2.24) is 5.32 Å². The van der Waals surface area contributed by atoms with Gasteiger partial charge in [0.15, 0.2) is 10.9 Å². The van der Waals surface area contributed by atoms with Crippen LogP contribution in [0, 0.1) is 11.6 Å². The van der Waals surface area contributed by atoms with Crippen molar-refractivity contribution >= 4 is 40.4 Å². The molecule has 3 N–H and O–H groups in total. The van der Waals surface area contributed by atoms with E-state index in [1.54, 1.807) is 66.7 Å². The lowest BCUT2D eigenvalue weighted by Crippen LogP contribution is -2.31. The number of benzene rings is 4. The highest BCUT2D eigenvalue weighted by molar-refractivity contribution is 7.80. The zero-order valence-electron chi connectivity index (χ0n) is 19.8. The monoisotopic (exact) mass is 515 g/mol. The molecule has 0 heterocycles. The number of hydrogen-bond acceptors (Lipinski definition) is 3. The predicted molar refractivity (Wildman–Crippen MR) is 145 cm³/mol. The van der Waals surface area contributed by atoms with Crippen LogP contribution in [-0.4, -0.2) is 16.8 Å². The molecular weight excluding hydrogens is 492 g/mol. The maximum atomic E-state index is 14.1. The van der Waals surface area contributed by atoms with Crippen molar-refractivity contribution in [2.45, 2.75) is 13.0 Å². The van der Waals surface area contributed by atoms with Gasteiger partial charge in [-0.3, -0.25) is 9.59 Å². The van der Waals surface area contributed by atoms with Crippen LogP contribution in [0.4, 0.5) is 20.2 Å². The number of anilines is 2. The molecule has 0 fully saturated rings. The van der Waals surface area contributed by atoms with Crippen LogP contribution in [0.3, 0.4) is 0 Å². The molecule has 5 nitrogen and oxygen atoms in total. The summed E-state index contributed by atoms with van der Waals surface area (Å²) in [6, 6.07) is 24.9. The second kappa shape index (κ2) is 11.5. The fourth-order valence-corrected chi connectivity index (χ4v) is 3.99. The standard InChI is InChI=1S/C29H23F2N3O2S/c1-18(19-11-13-21(30)14-12-19)32-29(37)33-22-15-16-26(34-28(36)23-9-5-6-10-25(23)31)24(17-22)27(35)20-7-3-2-4-8-20/h2-18H,1H3,(H,34,36)(H2,32,33,37). The lowest BCUT2D eigenvalue weighted by Gasteiger charge is -2.18. The van der Waals surface area contributed by atoms with E-state index in [-0.39, 0.29) is 39.6 Å². The molecule has 4 aromatic rings. The van der Waals surface area contributed by atoms with E-state index in [0.29, 0.717) is 11.3 Å². The Morgan fingerprint density at radius 3 is 2.16 bits per heavy atom. The smallest absolute Gasteiger partial charge is 0.258 e. The molecule has 0 aromatic heterocycles. The SMILES string of the molecule is CC(NC(=S)Nc1ccc(NC(=O)c2ccccc2F)c(C(=O)c2ccccc2)c1)c1ccc(F)cc1. The Morgan fingerprint density at radius 2 is 1.46 bits per heavy atom. The number of nitrogens with one attached hydrogen (secondary N) is 3. The highest BCUT2D eigenvalue weighted by Gasteiger charge is 2.19. The third-order valence-corrected chi connectivity index (χ3v) is 5.86. The quantitative estimate of drug-likeness (QED) is 0.194. The normalized spacial score (nSPS) is 11.3. The molecule has 0 saturated heterocycles. The van der Waals surface area contributed by atoms with Crippen molar-refractivity contribution in [1.29, 1.82) is 0 Å². The molecular formula is C29H23F2N3O2S. The molecule has 37 heavy (non-hydrogen) atoms. The summed E-state index contributed by atoms with van der Waals surface area (Å²) >= 11 is 5.43. The van der Waals surface area contributed by atoms with E-state index in [2.05, 4.69) is 16.0 Å². The van der Waals surface area contributed by atoms with Gasteiger partial charge in [0, 0.05) is 16.8 Å². The summed E-state index contributed by atoms with van der Waals surface area (Å²) < 4.78 is 27.4. The van der Waals surface area contributed by atoms with Gasteiger partial charge in [-0.1, -0.05) is 54.6 Å². The Labute approximate surface area is 218 Å². The maximum absolute atomic E-state index is 14.1. The van der Waals surface area contributed by atoms with Crippen molar-refractivity contribution in [3.8, 4) is 0 Å². The van der Waals surface area contributed by atoms with Gasteiger partial charge >= 0.3 is 0 Å². The van der Waals surface area contributed by atoms with Crippen molar-refractivity contribution in [2.24, 2.45) is 0 Å². The molecule has 1 atom stereocenters. The first-order valence-electron chi connectivity index (χ1n) is 11.4. The van der Waals surface area contributed by atoms with Crippen LogP contribution in [0.1, 0.15) is 44.8 Å². The first-order valence-corrected chi connectivity index (χ1v) is 11.9. The second-order valence-corrected chi connectivity index (χ2v) is 8.67. The Balaban J connectivity index is 1.58. The highest BCUT2D eigenvalue weighted by atomic mass is 32.1. The van der Waals surface area contributed by atoms with Gasteiger partial charge < -0.3 is 16.0 Å². The molecule has 0 aliphatic rings. The van der Waals surface area contributed by atoms with Gasteiger partial charge in [0.2, 0.25) is 0 Å². The van der Waals surface area contributed by atoms with Crippen molar-refractivity contribution in [2.75, 3.05) is 10.6 Å². The summed E-state index contributed by atoms with van der Waals surface area (Å²) in [5.74, 6) is -1.99. The lowest BCUT2D eigenvalue weighted by atomic mass is 10.0. The van der Waals surface area contributed by atoms with E-state index in [1.165, 1.54) is 30.3 Å². The van der Waals surface area contributed by atoms with Crippen molar-refractivity contribution < 1.29 is 18.4 Å². The number of carbonyl (C=O) groups excluding carboxylic acids is 2. The zero-order chi connectivity index (χ0) is 26.4. The molecule has 0 radical (unpaired) electrons. The van der Waals surface area contributed by atoms with Crippen LogP contribution in [0.5, 0.6) is 0 Å². The predicted octanol–water partition coefficient (Wildman–Crippen LogP) is 6.50. The Morgan fingerprint density at radius 1 is 0.784 bits per heavy atom. The minimum atomic E-state index is -0.675. The molecule has 186 valence electrons. The van der Waals surface area contributed by atoms with E-state index < -0.39 is 11.7 Å². The van der Waals surface area contributed by atoms with Gasteiger partial charge in [-0.15, -0.1) is 0 Å². The third-order valence-electron chi connectivity index (χ3n) is 5.64. The average molecular weight is 516 g/mol. The average Bonchev–Trinajstić information content (AvgIpc) is 2.90. The first kappa shape index (κ1) is 25.7. The van der Waals surface area contributed by atoms with Crippen LogP contribution in [-0.2, 0) is 0 Å². The molecule has 0 bridgehead atoms. The third kappa shape index (κ3) is 6.42. The van der Waals surface area contributed by atoms with E-state index in [1.807, 2.05) is 6.92 Å². The summed E-state index contributed by atoms with van der Waals surface area (Å²) in [5.41, 5.74) is 2.07. The van der Waals surface area contributed by atoms with E-state index in [9.17, 15) is 18.4 Å². The van der Waals surface area contributed by atoms with E-state index in [0.717, 1.165) is 5.56 Å². The van der Waals surface area contributed by atoms with Crippen LogP contribution >= 0.6 is 12.2 Å². The summed E-state index contributed by atoms with van der Waals surface area (Å²) in [6.45, 7) is 1.88. The fourth-order valence-electron chi connectivity index (χ4n) is 3.70. The van der Waals surface area contributed by atoms with Gasteiger partial charge in [-0.05, 0) is 67.2 Å². The molecule has 4 aromatic carbocycles. The fraction of sp³-hybridized carbons (Fsp3) is 0.0690. The van der Waals surface area contributed by atoms with E-state index in [4.69, 9.17) is 12.2 Å². The number of carbonyl (C=O) groups is 2. The van der Waals surface area contributed by atoms with Crippen LogP contribution in [0.15, 0.2) is 97.1 Å². The minimum absolute atomic E-state index is 0.136. The number of halogens is 2. The summed E-state index contributed by atoms with van der Waals surface area (Å²) in [6.07, 6.45) is 0. The van der Waals surface area contributed by atoms with Gasteiger partial charge in [-0.25, -0.2) is 8.78 Å². The molecule has 0 spiro atoms. The van der Waals surface area contributed by atoms with Crippen molar-refractivity contribution in [3.63, 3.8) is 0 Å². The molecule has 1 unspecified atom stereocenters. The summed E-state index contributed by atoms with van der Waals surface area (Å²) in [5, 5.41) is 9.10. The Kier molecular flexibility index (Phi) is 8.00. The molecule has 0 aliphatic carbocycles. The van der Waals surface area contributed by atoms with Gasteiger partial charge in [0.1, 0.15) is 11.6 Å². The molecule has 4 rings (SSSR count). The number of ketones is 1. The first-order chi connectivity index (χ1) is 17.8. The molecule has 0 saturated carbocycles. The molecule has 0 aliphatic heterocycles. The topological polar surface area (TPSA) is 70.2 Å². The van der Waals surface area contributed by atoms with Gasteiger partial charge in [0.25, 0.3) is 5.91 Å². The number of amides is 1. The molecule has 8 heteroatoms. The largest absolute Gasteiger partial charge is 0.356 e. The number of hydrogen-bond donors (Lipinski definition) is 3. The lowest BCUT2D eigenvalue weighted by molar-refractivity contribution is 0.102. The zero-order valence-corrected chi connectivity index (χ0v) is 20.6. The number of thiocarbonyl (C=S) groups is 1.